The van der Waals surface area contributed by atoms with Gasteiger partial charge in [-0.3, -0.25) is 11.3 Å². The van der Waals surface area contributed by atoms with Crippen molar-refractivity contribution in [3.8, 4) is 0 Å². The molecule has 0 saturated heterocycles. The van der Waals surface area contributed by atoms with Gasteiger partial charge in [0.2, 0.25) is 0 Å². The quantitative estimate of drug-likeness (QED) is 0.648. The van der Waals surface area contributed by atoms with Crippen molar-refractivity contribution in [1.29, 1.82) is 0 Å². The lowest BCUT2D eigenvalue weighted by Gasteiger charge is -2.34. The van der Waals surface area contributed by atoms with Gasteiger partial charge in [0.05, 0.1) is 0 Å². The standard InChI is InChI=1S/C18H30N2/c1-12-9-15(18(3,4)5)10-13(2)16(12)11-17(20-19)14-7-6-8-14/h9-10,14,17,20H,6-8,11,19H2,1-5H3. The van der Waals surface area contributed by atoms with Gasteiger partial charge in [0.15, 0.2) is 0 Å². The predicted molar refractivity (Wildman–Crippen MR) is 86.8 cm³/mol. The van der Waals surface area contributed by atoms with Crippen molar-refractivity contribution in [2.45, 2.75) is 71.8 Å². The Kier molecular flexibility index (Phi) is 4.55. The van der Waals surface area contributed by atoms with Crippen LogP contribution in [0.2, 0.25) is 0 Å². The predicted octanol–water partition coefficient (Wildman–Crippen LogP) is 3.78. The van der Waals surface area contributed by atoms with Gasteiger partial charge in [-0.2, -0.15) is 0 Å². The van der Waals surface area contributed by atoms with Crippen molar-refractivity contribution < 1.29 is 0 Å². The first kappa shape index (κ1) is 15.5. The molecule has 2 nitrogen and oxygen atoms in total. The highest BCUT2D eigenvalue weighted by atomic mass is 15.2. The van der Waals surface area contributed by atoms with E-state index < -0.39 is 0 Å². The SMILES string of the molecule is Cc1cc(C(C)(C)C)cc(C)c1CC(NN)C1CCC1. The normalized spacial score (nSPS) is 17.9. The Balaban J connectivity index is 2.23. The van der Waals surface area contributed by atoms with Crippen LogP contribution >= 0.6 is 0 Å². The van der Waals surface area contributed by atoms with Crippen LogP contribution in [0, 0.1) is 19.8 Å². The fraction of sp³-hybridized carbons (Fsp3) is 0.667. The van der Waals surface area contributed by atoms with Gasteiger partial charge < -0.3 is 0 Å². The summed E-state index contributed by atoms with van der Waals surface area (Å²) in [5, 5.41) is 0. The third kappa shape index (κ3) is 3.24. The van der Waals surface area contributed by atoms with Gasteiger partial charge in [-0.1, -0.05) is 39.3 Å². The molecule has 20 heavy (non-hydrogen) atoms. The molecule has 2 heteroatoms. The molecule has 1 saturated carbocycles. The number of nitrogens with one attached hydrogen (secondary N) is 1. The minimum absolute atomic E-state index is 0.216. The van der Waals surface area contributed by atoms with Crippen molar-refractivity contribution in [2.24, 2.45) is 11.8 Å². The maximum absolute atomic E-state index is 5.78. The largest absolute Gasteiger partial charge is 0.271 e. The van der Waals surface area contributed by atoms with Crippen LogP contribution in [0.4, 0.5) is 0 Å². The van der Waals surface area contributed by atoms with Crippen LogP contribution in [0.25, 0.3) is 0 Å². The molecule has 0 bridgehead atoms. The molecule has 1 aromatic carbocycles. The van der Waals surface area contributed by atoms with Gasteiger partial charge in [0.1, 0.15) is 0 Å². The smallest absolute Gasteiger partial charge is 0.0279 e. The summed E-state index contributed by atoms with van der Waals surface area (Å²) in [5.74, 6) is 6.55. The number of hydrogen-bond donors (Lipinski definition) is 2. The van der Waals surface area contributed by atoms with E-state index in [0.717, 1.165) is 12.3 Å². The number of aryl methyl sites for hydroxylation is 2. The lowest BCUT2D eigenvalue weighted by atomic mass is 9.76. The van der Waals surface area contributed by atoms with Crippen molar-refractivity contribution in [3.63, 3.8) is 0 Å². The first-order chi connectivity index (χ1) is 9.32. The Morgan fingerprint density at radius 1 is 1.20 bits per heavy atom. The summed E-state index contributed by atoms with van der Waals surface area (Å²) in [6.45, 7) is 11.3. The zero-order chi connectivity index (χ0) is 14.9. The van der Waals surface area contributed by atoms with Crippen molar-refractivity contribution >= 4 is 0 Å². The number of rotatable bonds is 4. The zero-order valence-corrected chi connectivity index (χ0v) is 13.7. The highest BCUT2D eigenvalue weighted by Gasteiger charge is 2.27. The summed E-state index contributed by atoms with van der Waals surface area (Å²) < 4.78 is 0. The average Bonchev–Trinajstić information content (AvgIpc) is 2.28. The molecule has 1 aliphatic rings. The highest BCUT2D eigenvalue weighted by molar-refractivity contribution is 5.41. The Hall–Kier alpha value is -0.860. The minimum Gasteiger partial charge on any atom is -0.271 e. The summed E-state index contributed by atoms with van der Waals surface area (Å²) in [6, 6.07) is 5.15. The van der Waals surface area contributed by atoms with Crippen LogP contribution in [0.1, 0.15) is 62.3 Å². The molecule has 3 N–H and O–H groups in total. The van der Waals surface area contributed by atoms with Gasteiger partial charge in [-0.05, 0) is 66.7 Å². The molecule has 1 aliphatic carbocycles. The van der Waals surface area contributed by atoms with Crippen molar-refractivity contribution in [1.82, 2.24) is 5.43 Å². The molecule has 1 fully saturated rings. The second-order valence-corrected chi connectivity index (χ2v) is 7.51. The molecule has 0 aliphatic heterocycles. The maximum atomic E-state index is 5.78. The third-order valence-corrected chi connectivity index (χ3v) is 4.92. The fourth-order valence-electron chi connectivity index (χ4n) is 3.17. The second-order valence-electron chi connectivity index (χ2n) is 7.51. The van der Waals surface area contributed by atoms with Crippen molar-refractivity contribution in [2.75, 3.05) is 0 Å². The monoisotopic (exact) mass is 274 g/mol. The van der Waals surface area contributed by atoms with Crippen LogP contribution in [0.15, 0.2) is 12.1 Å². The van der Waals surface area contributed by atoms with Gasteiger partial charge >= 0.3 is 0 Å². The molecule has 0 aromatic heterocycles. The van der Waals surface area contributed by atoms with E-state index in [4.69, 9.17) is 5.84 Å². The summed E-state index contributed by atoms with van der Waals surface area (Å²) >= 11 is 0. The number of nitrogens with two attached hydrogens (primary N) is 1. The molecule has 0 amide bonds. The topological polar surface area (TPSA) is 38.0 Å². The molecule has 0 spiro atoms. The summed E-state index contributed by atoms with van der Waals surface area (Å²) in [6.07, 6.45) is 5.08. The Morgan fingerprint density at radius 3 is 2.10 bits per heavy atom. The second kappa shape index (κ2) is 5.87. The van der Waals surface area contributed by atoms with E-state index in [1.54, 1.807) is 0 Å². The Labute approximate surface area is 124 Å². The summed E-state index contributed by atoms with van der Waals surface area (Å²) in [5.41, 5.74) is 9.00. The van der Waals surface area contributed by atoms with Crippen molar-refractivity contribution in [3.05, 3.63) is 34.4 Å². The van der Waals surface area contributed by atoms with Gasteiger partial charge in [-0.15, -0.1) is 0 Å². The van der Waals surface area contributed by atoms with E-state index in [1.807, 2.05) is 0 Å². The fourth-order valence-corrected chi connectivity index (χ4v) is 3.17. The molecule has 1 unspecified atom stereocenters. The van der Waals surface area contributed by atoms with Crippen LogP contribution in [-0.2, 0) is 11.8 Å². The minimum atomic E-state index is 0.216. The number of hydrazine groups is 1. The number of hydrogen-bond acceptors (Lipinski definition) is 2. The van der Waals surface area contributed by atoms with E-state index >= 15 is 0 Å². The molecule has 0 radical (unpaired) electrons. The Bertz CT molecular complexity index is 444. The Morgan fingerprint density at radius 2 is 1.75 bits per heavy atom. The maximum Gasteiger partial charge on any atom is 0.0279 e. The first-order valence-electron chi connectivity index (χ1n) is 7.89. The lowest BCUT2D eigenvalue weighted by molar-refractivity contribution is 0.228. The van der Waals surface area contributed by atoms with Crippen LogP contribution in [-0.4, -0.2) is 6.04 Å². The van der Waals surface area contributed by atoms with E-state index in [-0.39, 0.29) is 5.41 Å². The summed E-state index contributed by atoms with van der Waals surface area (Å²) in [4.78, 5) is 0. The molecule has 2 rings (SSSR count). The lowest BCUT2D eigenvalue weighted by Crippen LogP contribution is -2.45. The van der Waals surface area contributed by atoms with Crippen LogP contribution < -0.4 is 11.3 Å². The molecule has 112 valence electrons. The van der Waals surface area contributed by atoms with Crippen LogP contribution in [0.3, 0.4) is 0 Å². The van der Waals surface area contributed by atoms with E-state index in [0.29, 0.717) is 6.04 Å². The molecule has 1 aromatic rings. The first-order valence-corrected chi connectivity index (χ1v) is 7.89. The molecule has 0 heterocycles. The molecule has 1 atom stereocenters. The van der Waals surface area contributed by atoms with Gasteiger partial charge in [0.25, 0.3) is 0 Å². The molecular formula is C18H30N2. The van der Waals surface area contributed by atoms with E-state index in [9.17, 15) is 0 Å². The van der Waals surface area contributed by atoms with Gasteiger partial charge in [0, 0.05) is 6.04 Å². The summed E-state index contributed by atoms with van der Waals surface area (Å²) in [7, 11) is 0. The molecular weight excluding hydrogens is 244 g/mol. The van der Waals surface area contributed by atoms with E-state index in [1.165, 1.54) is 41.5 Å². The van der Waals surface area contributed by atoms with E-state index in [2.05, 4.69) is 52.2 Å². The average molecular weight is 274 g/mol. The van der Waals surface area contributed by atoms with Gasteiger partial charge in [-0.25, -0.2) is 0 Å². The number of benzene rings is 1. The highest BCUT2D eigenvalue weighted by Crippen LogP contribution is 2.33. The van der Waals surface area contributed by atoms with Crippen LogP contribution in [0.5, 0.6) is 0 Å². The zero-order valence-electron chi connectivity index (χ0n) is 13.7. The third-order valence-electron chi connectivity index (χ3n) is 4.92.